The molecule has 17 heavy (non-hydrogen) atoms. The minimum Gasteiger partial charge on any atom is -0.310 e. The Morgan fingerprint density at radius 1 is 1.29 bits per heavy atom. The Morgan fingerprint density at radius 3 is 2.88 bits per heavy atom. The molecule has 2 heterocycles. The van der Waals surface area contributed by atoms with Crippen molar-refractivity contribution >= 4 is 15.9 Å². The summed E-state index contributed by atoms with van der Waals surface area (Å²) in [5, 5.41) is 3.46. The van der Waals surface area contributed by atoms with Crippen LogP contribution < -0.4 is 5.32 Å². The van der Waals surface area contributed by atoms with Gasteiger partial charge < -0.3 is 10.2 Å². The molecule has 1 aliphatic rings. The number of piperidine rings is 1. The van der Waals surface area contributed by atoms with Crippen molar-refractivity contribution in [2.45, 2.75) is 25.8 Å². The van der Waals surface area contributed by atoms with E-state index in [1.165, 1.54) is 32.4 Å². The van der Waals surface area contributed by atoms with Gasteiger partial charge in [-0.25, -0.2) is 0 Å². The molecule has 1 aromatic heterocycles. The van der Waals surface area contributed by atoms with E-state index in [4.69, 9.17) is 0 Å². The van der Waals surface area contributed by atoms with Crippen LogP contribution >= 0.6 is 15.9 Å². The van der Waals surface area contributed by atoms with Gasteiger partial charge in [-0.05, 0) is 54.0 Å². The second-order valence-corrected chi connectivity index (χ2v) is 5.37. The number of pyridine rings is 1. The zero-order valence-corrected chi connectivity index (χ0v) is 11.7. The molecule has 1 aliphatic heterocycles. The van der Waals surface area contributed by atoms with E-state index < -0.39 is 0 Å². The fourth-order valence-corrected chi connectivity index (χ4v) is 2.57. The lowest BCUT2D eigenvalue weighted by molar-refractivity contribution is 0.229. The average molecular weight is 298 g/mol. The molecule has 2 rings (SSSR count). The van der Waals surface area contributed by atoms with Crippen molar-refractivity contribution in [3.63, 3.8) is 0 Å². The Balaban J connectivity index is 1.64. The Kier molecular flexibility index (Phi) is 5.42. The van der Waals surface area contributed by atoms with E-state index in [-0.39, 0.29) is 0 Å². The maximum Gasteiger partial charge on any atom is 0.0683 e. The smallest absolute Gasteiger partial charge is 0.0683 e. The maximum absolute atomic E-state index is 4.34. The van der Waals surface area contributed by atoms with Gasteiger partial charge >= 0.3 is 0 Å². The lowest BCUT2D eigenvalue weighted by atomic mass is 10.1. The van der Waals surface area contributed by atoms with Crippen LogP contribution in [0.3, 0.4) is 0 Å². The van der Waals surface area contributed by atoms with Crippen LogP contribution in [0.2, 0.25) is 0 Å². The summed E-state index contributed by atoms with van der Waals surface area (Å²) in [6.07, 6.45) is 5.98. The highest BCUT2D eigenvalue weighted by Gasteiger charge is 2.08. The highest BCUT2D eigenvalue weighted by molar-refractivity contribution is 9.10. The van der Waals surface area contributed by atoms with Gasteiger partial charge in [0.1, 0.15) is 0 Å². The first-order valence-electron chi connectivity index (χ1n) is 6.39. The van der Waals surface area contributed by atoms with Gasteiger partial charge in [0.05, 0.1) is 5.69 Å². The second-order valence-electron chi connectivity index (χ2n) is 4.51. The summed E-state index contributed by atoms with van der Waals surface area (Å²) in [5.74, 6) is 0. The summed E-state index contributed by atoms with van der Waals surface area (Å²) in [7, 11) is 0. The molecule has 0 aliphatic carbocycles. The minimum atomic E-state index is 0.843. The van der Waals surface area contributed by atoms with Crippen molar-refractivity contribution in [2.24, 2.45) is 0 Å². The van der Waals surface area contributed by atoms with Crippen LogP contribution in [0.5, 0.6) is 0 Å². The number of rotatable bonds is 5. The molecule has 1 saturated heterocycles. The summed E-state index contributed by atoms with van der Waals surface area (Å²) in [4.78, 5) is 6.89. The first kappa shape index (κ1) is 13.0. The molecule has 0 atom stereocenters. The zero-order chi connectivity index (χ0) is 11.9. The van der Waals surface area contributed by atoms with Gasteiger partial charge in [-0.1, -0.05) is 6.42 Å². The van der Waals surface area contributed by atoms with E-state index in [9.17, 15) is 0 Å². The van der Waals surface area contributed by atoms with Gasteiger partial charge in [-0.2, -0.15) is 0 Å². The van der Waals surface area contributed by atoms with Crippen LogP contribution in [0, 0.1) is 0 Å². The molecule has 3 nitrogen and oxygen atoms in total. The number of hydrogen-bond donors (Lipinski definition) is 1. The number of hydrogen-bond acceptors (Lipinski definition) is 3. The van der Waals surface area contributed by atoms with Gasteiger partial charge in [0, 0.05) is 30.3 Å². The van der Waals surface area contributed by atoms with Crippen molar-refractivity contribution < 1.29 is 0 Å². The van der Waals surface area contributed by atoms with Crippen LogP contribution in [0.1, 0.15) is 25.0 Å². The molecule has 0 radical (unpaired) electrons. The molecule has 0 amide bonds. The number of likely N-dealkylation sites (tertiary alicyclic amines) is 1. The van der Waals surface area contributed by atoms with Gasteiger partial charge in [-0.3, -0.25) is 4.98 Å². The quantitative estimate of drug-likeness (QED) is 0.846. The Hall–Kier alpha value is -0.450. The van der Waals surface area contributed by atoms with Gasteiger partial charge in [0.15, 0.2) is 0 Å². The molecular formula is C13H20BrN3. The molecule has 1 fully saturated rings. The van der Waals surface area contributed by atoms with Gasteiger partial charge in [0.25, 0.3) is 0 Å². The van der Waals surface area contributed by atoms with Crippen molar-refractivity contribution in [3.8, 4) is 0 Å². The van der Waals surface area contributed by atoms with Crippen molar-refractivity contribution in [2.75, 3.05) is 26.2 Å². The van der Waals surface area contributed by atoms with Gasteiger partial charge in [0.2, 0.25) is 0 Å². The van der Waals surface area contributed by atoms with E-state index in [0.29, 0.717) is 0 Å². The normalized spacial score (nSPS) is 17.2. The number of nitrogens with one attached hydrogen (secondary N) is 1. The number of halogens is 1. The first-order valence-corrected chi connectivity index (χ1v) is 7.18. The first-order chi connectivity index (χ1) is 8.36. The summed E-state index contributed by atoms with van der Waals surface area (Å²) in [5.41, 5.74) is 1.09. The van der Waals surface area contributed by atoms with Crippen LogP contribution in [-0.4, -0.2) is 36.1 Å². The highest BCUT2D eigenvalue weighted by atomic mass is 79.9. The number of nitrogens with zero attached hydrogens (tertiary/aromatic N) is 2. The lowest BCUT2D eigenvalue weighted by Crippen LogP contribution is -2.35. The van der Waals surface area contributed by atoms with Crippen molar-refractivity contribution in [3.05, 3.63) is 28.5 Å². The van der Waals surface area contributed by atoms with Crippen LogP contribution in [0.25, 0.3) is 0 Å². The minimum absolute atomic E-state index is 0.843. The topological polar surface area (TPSA) is 28.2 Å². The Morgan fingerprint density at radius 2 is 2.12 bits per heavy atom. The third-order valence-corrected chi connectivity index (χ3v) is 3.90. The summed E-state index contributed by atoms with van der Waals surface area (Å²) in [6, 6.07) is 3.98. The van der Waals surface area contributed by atoms with Gasteiger partial charge in [-0.15, -0.1) is 0 Å². The highest BCUT2D eigenvalue weighted by Crippen LogP contribution is 2.12. The monoisotopic (exact) mass is 297 g/mol. The predicted molar refractivity (Wildman–Crippen MR) is 73.9 cm³/mol. The molecule has 94 valence electrons. The molecule has 1 N–H and O–H groups in total. The maximum atomic E-state index is 4.34. The Bertz CT molecular complexity index is 337. The van der Waals surface area contributed by atoms with E-state index in [0.717, 1.165) is 29.8 Å². The zero-order valence-electron chi connectivity index (χ0n) is 10.2. The summed E-state index contributed by atoms with van der Waals surface area (Å²) in [6.45, 7) is 5.59. The largest absolute Gasteiger partial charge is 0.310 e. The number of aromatic nitrogens is 1. The molecule has 0 spiro atoms. The third-order valence-electron chi connectivity index (χ3n) is 3.18. The fourth-order valence-electron chi connectivity index (χ4n) is 2.18. The molecule has 0 bridgehead atoms. The standard InChI is InChI=1S/C13H20BrN3/c14-12-5-4-6-16-13(12)11-15-7-10-17-8-2-1-3-9-17/h4-6,15H,1-3,7-11H2. The summed E-state index contributed by atoms with van der Waals surface area (Å²) >= 11 is 3.51. The lowest BCUT2D eigenvalue weighted by Gasteiger charge is -2.26. The van der Waals surface area contributed by atoms with E-state index in [1.807, 2.05) is 18.3 Å². The van der Waals surface area contributed by atoms with Crippen LogP contribution in [0.15, 0.2) is 22.8 Å². The predicted octanol–water partition coefficient (Wildman–Crippen LogP) is 2.42. The third kappa shape index (κ3) is 4.37. The molecule has 1 aromatic rings. The van der Waals surface area contributed by atoms with Crippen LogP contribution in [-0.2, 0) is 6.54 Å². The Labute approximate surface area is 112 Å². The van der Waals surface area contributed by atoms with Crippen LogP contribution in [0.4, 0.5) is 0 Å². The molecule has 4 heteroatoms. The molecule has 0 aromatic carbocycles. The van der Waals surface area contributed by atoms with E-state index >= 15 is 0 Å². The fraction of sp³-hybridized carbons (Fsp3) is 0.615. The second kappa shape index (κ2) is 7.09. The molecule has 0 saturated carbocycles. The van der Waals surface area contributed by atoms with Crippen molar-refractivity contribution in [1.29, 1.82) is 0 Å². The average Bonchev–Trinajstić information content (AvgIpc) is 2.38. The SMILES string of the molecule is Brc1cccnc1CNCCN1CCCCC1. The summed E-state index contributed by atoms with van der Waals surface area (Å²) < 4.78 is 1.09. The van der Waals surface area contributed by atoms with E-state index in [1.54, 1.807) is 0 Å². The molecule has 0 unspecified atom stereocenters. The van der Waals surface area contributed by atoms with Crippen molar-refractivity contribution in [1.82, 2.24) is 15.2 Å². The molecular weight excluding hydrogens is 278 g/mol. The van der Waals surface area contributed by atoms with E-state index in [2.05, 4.69) is 31.1 Å².